The van der Waals surface area contributed by atoms with Crippen LogP contribution in [0.1, 0.15) is 24.8 Å². The van der Waals surface area contributed by atoms with Crippen molar-refractivity contribution in [1.29, 1.82) is 5.26 Å². The lowest BCUT2D eigenvalue weighted by Crippen LogP contribution is -2.30. The minimum Gasteiger partial charge on any atom is -0.486 e. The molecule has 0 radical (unpaired) electrons. The molecule has 5 rings (SSSR count). The Morgan fingerprint density at radius 3 is 2.85 bits per heavy atom. The van der Waals surface area contributed by atoms with Crippen LogP contribution in [-0.4, -0.2) is 56.4 Å². The first-order valence-corrected chi connectivity index (χ1v) is 12.9. The predicted molar refractivity (Wildman–Crippen MR) is 128 cm³/mol. The maximum Gasteiger partial charge on any atom is 0.175 e. The Morgan fingerprint density at radius 1 is 1.24 bits per heavy atom. The number of hydrogen-bond donors (Lipinski definition) is 1. The molecule has 1 saturated heterocycles. The second-order valence-electron chi connectivity index (χ2n) is 8.05. The summed E-state index contributed by atoms with van der Waals surface area (Å²) in [6.45, 7) is 3.98. The molecule has 1 fully saturated rings. The highest BCUT2D eigenvalue weighted by Crippen LogP contribution is 2.40. The average Bonchev–Trinajstić information content (AvgIpc) is 3.20. The fourth-order valence-corrected chi connectivity index (χ4v) is 5.97. The third-order valence-electron chi connectivity index (χ3n) is 5.99. The Labute approximate surface area is 200 Å². The molecule has 2 aliphatic rings. The number of aryl methyl sites for hydroxylation is 1. The predicted octanol–water partition coefficient (Wildman–Crippen LogP) is 3.58. The second kappa shape index (κ2) is 9.67. The maximum absolute atomic E-state index is 9.74. The Morgan fingerprint density at radius 2 is 2.06 bits per heavy atom. The summed E-state index contributed by atoms with van der Waals surface area (Å²) in [5.74, 6) is 2.21. The smallest absolute Gasteiger partial charge is 0.175 e. The van der Waals surface area contributed by atoms with Crippen molar-refractivity contribution in [3.05, 3.63) is 24.0 Å². The van der Waals surface area contributed by atoms with Gasteiger partial charge in [0.1, 0.15) is 25.6 Å². The van der Waals surface area contributed by atoms with Crippen molar-refractivity contribution in [3.8, 4) is 17.6 Å². The van der Waals surface area contributed by atoms with Gasteiger partial charge in [-0.15, -0.1) is 0 Å². The van der Waals surface area contributed by atoms with E-state index in [1.165, 1.54) is 30.9 Å². The van der Waals surface area contributed by atoms with Crippen LogP contribution in [0.25, 0.3) is 11.2 Å². The lowest BCUT2D eigenvalue weighted by atomic mass is 9.96. The number of anilines is 1. The van der Waals surface area contributed by atoms with E-state index in [1.807, 2.05) is 18.0 Å². The molecule has 0 bridgehead atoms. The van der Waals surface area contributed by atoms with Crippen molar-refractivity contribution in [3.63, 3.8) is 0 Å². The summed E-state index contributed by atoms with van der Waals surface area (Å²) in [5.41, 5.74) is 7.95. The van der Waals surface area contributed by atoms with Crippen LogP contribution in [-0.2, 0) is 6.54 Å². The van der Waals surface area contributed by atoms with Gasteiger partial charge in [-0.1, -0.05) is 23.7 Å². The van der Waals surface area contributed by atoms with Gasteiger partial charge in [0, 0.05) is 30.6 Å². The number of piperidine rings is 1. The molecule has 2 aliphatic heterocycles. The van der Waals surface area contributed by atoms with Crippen LogP contribution in [0.4, 0.5) is 5.82 Å². The maximum atomic E-state index is 9.74. The summed E-state index contributed by atoms with van der Waals surface area (Å²) in [7, 11) is 0. The Balaban J connectivity index is 1.47. The quantitative estimate of drug-likeness (QED) is 0.522. The number of nitriles is 1. The number of nitrogens with zero attached hydrogens (tertiary/aromatic N) is 6. The van der Waals surface area contributed by atoms with Crippen LogP contribution in [0.3, 0.4) is 0 Å². The number of hydrogen-bond acceptors (Lipinski definition) is 10. The summed E-state index contributed by atoms with van der Waals surface area (Å²) in [4.78, 5) is 14.1. The van der Waals surface area contributed by atoms with Crippen molar-refractivity contribution < 1.29 is 9.47 Å². The number of fused-ring (bicyclic) bond motifs is 2. The zero-order chi connectivity index (χ0) is 22.8. The molecular formula is C22H25N7O2S2. The van der Waals surface area contributed by atoms with Crippen LogP contribution in [0, 0.1) is 17.2 Å². The molecule has 1 atom stereocenters. The minimum atomic E-state index is 0.356. The van der Waals surface area contributed by atoms with Crippen LogP contribution in [0.15, 0.2) is 28.5 Å². The van der Waals surface area contributed by atoms with Gasteiger partial charge in [-0.3, -0.25) is 4.31 Å². The molecule has 33 heavy (non-hydrogen) atoms. The molecule has 1 aromatic carbocycles. The van der Waals surface area contributed by atoms with Gasteiger partial charge in [-0.25, -0.2) is 15.0 Å². The molecule has 0 saturated carbocycles. The highest BCUT2D eigenvalue weighted by molar-refractivity contribution is 7.99. The molecular weight excluding hydrogens is 458 g/mol. The number of nitrogens with two attached hydrogens (primary N) is 1. The third-order valence-corrected chi connectivity index (χ3v) is 7.89. The summed E-state index contributed by atoms with van der Waals surface area (Å²) in [6.07, 6.45) is 7.08. The van der Waals surface area contributed by atoms with Crippen molar-refractivity contribution in [2.75, 3.05) is 38.3 Å². The Bertz CT molecular complexity index is 1210. The highest BCUT2D eigenvalue weighted by Gasteiger charge is 2.23. The molecule has 3 aromatic rings. The molecule has 2 N–H and O–H groups in total. The first kappa shape index (κ1) is 22.1. The SMILES string of the molecule is CSN1CCCC(CCn2c(Sc3cc4c(cc3C#N)OCCO4)nc3c(N)ncnc32)C1. The largest absolute Gasteiger partial charge is 0.486 e. The summed E-state index contributed by atoms with van der Waals surface area (Å²) in [5, 5.41) is 10.5. The molecule has 0 aliphatic carbocycles. The summed E-state index contributed by atoms with van der Waals surface area (Å²) >= 11 is 3.24. The first-order valence-electron chi connectivity index (χ1n) is 10.9. The molecule has 4 heterocycles. The average molecular weight is 484 g/mol. The van der Waals surface area contributed by atoms with Gasteiger partial charge in [0.05, 0.1) is 5.56 Å². The lowest BCUT2D eigenvalue weighted by molar-refractivity contribution is 0.171. The standard InChI is InChI=1S/C22H25N7O2S2/c1-32-28-5-2-3-14(12-28)4-6-29-21-19(20(24)25-13-26-21)27-22(29)33-18-10-17-16(9-15(18)11-23)30-7-8-31-17/h9-10,13-14H,2-8,12H2,1H3,(H2,24,25,26). The van der Waals surface area contributed by atoms with E-state index >= 15 is 0 Å². The van der Waals surface area contributed by atoms with Crippen molar-refractivity contribution in [2.45, 2.75) is 35.9 Å². The highest BCUT2D eigenvalue weighted by atomic mass is 32.2. The minimum absolute atomic E-state index is 0.356. The summed E-state index contributed by atoms with van der Waals surface area (Å²) in [6, 6.07) is 5.86. The van der Waals surface area contributed by atoms with Gasteiger partial charge in [0.15, 0.2) is 33.6 Å². The fourth-order valence-electron chi connectivity index (χ4n) is 4.29. The van der Waals surface area contributed by atoms with E-state index < -0.39 is 0 Å². The van der Waals surface area contributed by atoms with Gasteiger partial charge >= 0.3 is 0 Å². The van der Waals surface area contributed by atoms with Crippen LogP contribution in [0.2, 0.25) is 0 Å². The van der Waals surface area contributed by atoms with Crippen molar-refractivity contribution >= 4 is 40.7 Å². The van der Waals surface area contributed by atoms with E-state index in [0.717, 1.165) is 41.8 Å². The van der Waals surface area contributed by atoms with Crippen LogP contribution in [0.5, 0.6) is 11.5 Å². The van der Waals surface area contributed by atoms with Gasteiger partial charge in [-0.2, -0.15) is 5.26 Å². The van der Waals surface area contributed by atoms with E-state index in [-0.39, 0.29) is 0 Å². The normalized spacial score (nSPS) is 18.4. The van der Waals surface area contributed by atoms with Crippen molar-refractivity contribution in [1.82, 2.24) is 23.8 Å². The number of nitrogen functional groups attached to an aromatic ring is 1. The van der Waals surface area contributed by atoms with Crippen LogP contribution < -0.4 is 15.2 Å². The van der Waals surface area contributed by atoms with Crippen LogP contribution >= 0.6 is 23.7 Å². The molecule has 172 valence electrons. The van der Waals surface area contributed by atoms with Gasteiger partial charge in [-0.05, 0) is 37.5 Å². The number of imidazole rings is 1. The summed E-state index contributed by atoms with van der Waals surface area (Å²) < 4.78 is 15.9. The van der Waals surface area contributed by atoms with E-state index in [1.54, 1.807) is 6.07 Å². The number of ether oxygens (including phenoxy) is 2. The molecule has 2 aromatic heterocycles. The third kappa shape index (κ3) is 4.55. The molecule has 11 heteroatoms. The lowest BCUT2D eigenvalue weighted by Gasteiger charge is -2.31. The Hall–Kier alpha value is -2.68. The Kier molecular flexibility index (Phi) is 6.48. The van der Waals surface area contributed by atoms with Crippen molar-refractivity contribution in [2.24, 2.45) is 5.92 Å². The number of aromatic nitrogens is 4. The topological polar surface area (TPSA) is 115 Å². The number of benzene rings is 1. The fraction of sp³-hybridized carbons (Fsp3) is 0.455. The second-order valence-corrected chi connectivity index (χ2v) is 9.94. The van der Waals surface area contributed by atoms with E-state index in [0.29, 0.717) is 47.5 Å². The van der Waals surface area contributed by atoms with E-state index in [4.69, 9.17) is 20.2 Å². The van der Waals surface area contributed by atoms with Gasteiger partial charge in [0.25, 0.3) is 0 Å². The zero-order valence-electron chi connectivity index (χ0n) is 18.4. The number of rotatable bonds is 6. The van der Waals surface area contributed by atoms with E-state index in [9.17, 15) is 5.26 Å². The zero-order valence-corrected chi connectivity index (χ0v) is 20.0. The van der Waals surface area contributed by atoms with Gasteiger partial charge < -0.3 is 19.8 Å². The molecule has 0 amide bonds. The van der Waals surface area contributed by atoms with Gasteiger partial charge in [0.2, 0.25) is 0 Å². The monoisotopic (exact) mass is 483 g/mol. The molecule has 9 nitrogen and oxygen atoms in total. The first-order chi connectivity index (χ1) is 16.2. The molecule has 0 spiro atoms. The molecule has 1 unspecified atom stereocenters. The van der Waals surface area contributed by atoms with E-state index in [2.05, 4.69) is 31.2 Å².